The number of nitrogens with zero attached hydrogens (tertiary/aromatic N) is 2. The van der Waals surface area contributed by atoms with Crippen LogP contribution >= 0.6 is 0 Å². The zero-order valence-corrected chi connectivity index (χ0v) is 15.3. The quantitative estimate of drug-likeness (QED) is 0.883. The van der Waals surface area contributed by atoms with Crippen LogP contribution in [0.4, 0.5) is 11.4 Å². The van der Waals surface area contributed by atoms with Crippen molar-refractivity contribution in [2.75, 3.05) is 16.8 Å². The van der Waals surface area contributed by atoms with Gasteiger partial charge in [0.15, 0.2) is 0 Å². The third-order valence-electron chi connectivity index (χ3n) is 4.28. The summed E-state index contributed by atoms with van der Waals surface area (Å²) in [6.07, 6.45) is 0.241. The summed E-state index contributed by atoms with van der Waals surface area (Å²) in [4.78, 5) is 26.5. The Bertz CT molecular complexity index is 884. The molecule has 0 aliphatic carbocycles. The number of nitriles is 1. The number of benzene rings is 2. The first-order valence-corrected chi connectivity index (χ1v) is 8.84. The summed E-state index contributed by atoms with van der Waals surface area (Å²) >= 11 is 0. The maximum absolute atomic E-state index is 12.5. The lowest BCUT2D eigenvalue weighted by molar-refractivity contribution is -0.122. The van der Waals surface area contributed by atoms with E-state index >= 15 is 0 Å². The Kier molecular flexibility index (Phi) is 5.41. The highest BCUT2D eigenvalue weighted by Crippen LogP contribution is 2.28. The number of ether oxygens (including phenoxy) is 1. The number of rotatable bonds is 5. The lowest BCUT2D eigenvalue weighted by Crippen LogP contribution is -2.28. The molecule has 138 valence electrons. The van der Waals surface area contributed by atoms with E-state index in [1.165, 1.54) is 0 Å². The summed E-state index contributed by atoms with van der Waals surface area (Å²) < 4.78 is 5.61. The zero-order chi connectivity index (χ0) is 19.4. The molecule has 1 N–H and O–H groups in total. The van der Waals surface area contributed by atoms with Gasteiger partial charge in [-0.2, -0.15) is 5.26 Å². The van der Waals surface area contributed by atoms with Crippen LogP contribution in [0.1, 0.15) is 25.8 Å². The predicted octanol–water partition coefficient (Wildman–Crippen LogP) is 3.34. The van der Waals surface area contributed by atoms with Crippen molar-refractivity contribution < 1.29 is 14.3 Å². The Hall–Kier alpha value is -3.33. The van der Waals surface area contributed by atoms with Gasteiger partial charge in [-0.15, -0.1) is 0 Å². The molecule has 0 radical (unpaired) electrons. The van der Waals surface area contributed by atoms with Crippen LogP contribution in [0.25, 0.3) is 0 Å². The van der Waals surface area contributed by atoms with E-state index in [2.05, 4.69) is 5.32 Å². The van der Waals surface area contributed by atoms with Crippen molar-refractivity contribution in [1.82, 2.24) is 0 Å². The minimum atomic E-state index is -0.435. The molecule has 1 atom stereocenters. The van der Waals surface area contributed by atoms with Crippen molar-refractivity contribution in [1.29, 1.82) is 5.26 Å². The lowest BCUT2D eigenvalue weighted by atomic mass is 10.1. The first-order valence-electron chi connectivity index (χ1n) is 8.84. The molecule has 27 heavy (non-hydrogen) atoms. The molecule has 1 heterocycles. The summed E-state index contributed by atoms with van der Waals surface area (Å²) in [6, 6.07) is 16.0. The van der Waals surface area contributed by atoms with Gasteiger partial charge in [-0.25, -0.2) is 0 Å². The van der Waals surface area contributed by atoms with Crippen LogP contribution in [0, 0.1) is 17.2 Å². The van der Waals surface area contributed by atoms with Crippen molar-refractivity contribution in [3.8, 4) is 11.8 Å². The maximum Gasteiger partial charge on any atom is 0.229 e. The number of hydrogen-bond acceptors (Lipinski definition) is 4. The second-order valence-corrected chi connectivity index (χ2v) is 6.75. The van der Waals surface area contributed by atoms with Crippen LogP contribution in [0.2, 0.25) is 0 Å². The SMILES string of the molecule is CC(C)Oc1ccc(N2CC(C(=O)Nc3cccc(C#N)c3)CC2=O)cc1. The largest absolute Gasteiger partial charge is 0.491 e. The number of hydrogen-bond donors (Lipinski definition) is 1. The highest BCUT2D eigenvalue weighted by atomic mass is 16.5. The summed E-state index contributed by atoms with van der Waals surface area (Å²) in [7, 11) is 0. The molecule has 1 unspecified atom stereocenters. The van der Waals surface area contributed by atoms with Gasteiger partial charge in [-0.05, 0) is 56.3 Å². The van der Waals surface area contributed by atoms with Gasteiger partial charge in [-0.1, -0.05) is 6.07 Å². The van der Waals surface area contributed by atoms with Gasteiger partial charge in [0.25, 0.3) is 0 Å². The molecule has 0 spiro atoms. The number of amides is 2. The van der Waals surface area contributed by atoms with Crippen LogP contribution in [0.15, 0.2) is 48.5 Å². The Morgan fingerprint density at radius 2 is 2.00 bits per heavy atom. The second-order valence-electron chi connectivity index (χ2n) is 6.75. The van der Waals surface area contributed by atoms with Crippen LogP contribution in [-0.2, 0) is 9.59 Å². The Morgan fingerprint density at radius 3 is 2.67 bits per heavy atom. The molecule has 0 saturated carbocycles. The first-order chi connectivity index (χ1) is 13.0. The average Bonchev–Trinajstić information content (AvgIpc) is 3.04. The maximum atomic E-state index is 12.5. The molecule has 2 aromatic rings. The Labute approximate surface area is 158 Å². The van der Waals surface area contributed by atoms with Gasteiger partial charge >= 0.3 is 0 Å². The van der Waals surface area contributed by atoms with E-state index < -0.39 is 5.92 Å². The standard InChI is InChI=1S/C21H21N3O3/c1-14(2)27-19-8-6-18(7-9-19)24-13-16(11-20(24)25)21(26)23-17-5-3-4-15(10-17)12-22/h3-10,14,16H,11,13H2,1-2H3,(H,23,26). The van der Waals surface area contributed by atoms with E-state index in [1.807, 2.05) is 44.2 Å². The van der Waals surface area contributed by atoms with Gasteiger partial charge in [0.2, 0.25) is 11.8 Å². The number of anilines is 2. The fraction of sp³-hybridized carbons (Fsp3) is 0.286. The minimum Gasteiger partial charge on any atom is -0.491 e. The van der Waals surface area contributed by atoms with Gasteiger partial charge in [0.1, 0.15) is 5.75 Å². The fourth-order valence-electron chi connectivity index (χ4n) is 3.02. The molecule has 6 nitrogen and oxygen atoms in total. The van der Waals surface area contributed by atoms with Crippen LogP contribution < -0.4 is 15.0 Å². The highest BCUT2D eigenvalue weighted by molar-refractivity contribution is 6.03. The normalized spacial score (nSPS) is 16.3. The smallest absolute Gasteiger partial charge is 0.229 e. The van der Waals surface area contributed by atoms with Gasteiger partial charge in [0.05, 0.1) is 23.7 Å². The summed E-state index contributed by atoms with van der Waals surface area (Å²) in [5.41, 5.74) is 1.78. The number of nitrogens with one attached hydrogen (secondary N) is 1. The number of carbonyl (C=O) groups is 2. The van der Waals surface area contributed by atoms with E-state index in [4.69, 9.17) is 10.00 Å². The van der Waals surface area contributed by atoms with E-state index in [9.17, 15) is 9.59 Å². The van der Waals surface area contributed by atoms with Crippen molar-refractivity contribution in [3.05, 3.63) is 54.1 Å². The summed E-state index contributed by atoms with van der Waals surface area (Å²) in [5.74, 6) is 0.000973. The molecule has 3 rings (SSSR count). The van der Waals surface area contributed by atoms with Gasteiger partial charge in [-0.3, -0.25) is 9.59 Å². The molecular weight excluding hydrogens is 342 g/mol. The molecular formula is C21H21N3O3. The molecule has 1 fully saturated rings. The summed E-state index contributed by atoms with van der Waals surface area (Å²) in [6.45, 7) is 4.23. The van der Waals surface area contributed by atoms with E-state index in [-0.39, 0.29) is 24.3 Å². The average molecular weight is 363 g/mol. The zero-order valence-electron chi connectivity index (χ0n) is 15.3. The fourth-order valence-corrected chi connectivity index (χ4v) is 3.02. The molecule has 6 heteroatoms. The first kappa shape index (κ1) is 18.5. The van der Waals surface area contributed by atoms with Crippen LogP contribution in [0.5, 0.6) is 5.75 Å². The van der Waals surface area contributed by atoms with Crippen molar-refractivity contribution in [2.24, 2.45) is 5.92 Å². The Balaban J connectivity index is 1.66. The van der Waals surface area contributed by atoms with E-state index in [0.717, 1.165) is 11.4 Å². The predicted molar refractivity (Wildman–Crippen MR) is 102 cm³/mol. The number of carbonyl (C=O) groups excluding carboxylic acids is 2. The monoisotopic (exact) mass is 363 g/mol. The van der Waals surface area contributed by atoms with Crippen molar-refractivity contribution in [2.45, 2.75) is 26.4 Å². The molecule has 0 aromatic heterocycles. The third kappa shape index (κ3) is 4.45. The molecule has 1 aliphatic rings. The van der Waals surface area contributed by atoms with Crippen LogP contribution in [0.3, 0.4) is 0 Å². The highest BCUT2D eigenvalue weighted by Gasteiger charge is 2.35. The van der Waals surface area contributed by atoms with Gasteiger partial charge in [0, 0.05) is 24.3 Å². The molecule has 2 amide bonds. The molecule has 1 aliphatic heterocycles. The van der Waals surface area contributed by atoms with Crippen LogP contribution in [-0.4, -0.2) is 24.5 Å². The summed E-state index contributed by atoms with van der Waals surface area (Å²) in [5, 5.41) is 11.7. The molecule has 1 saturated heterocycles. The van der Waals surface area contributed by atoms with E-state index in [1.54, 1.807) is 29.2 Å². The lowest BCUT2D eigenvalue weighted by Gasteiger charge is -2.18. The van der Waals surface area contributed by atoms with Crippen molar-refractivity contribution >= 4 is 23.2 Å². The topological polar surface area (TPSA) is 82.4 Å². The molecule has 2 aromatic carbocycles. The van der Waals surface area contributed by atoms with Gasteiger partial charge < -0.3 is 15.0 Å². The Morgan fingerprint density at radius 1 is 1.26 bits per heavy atom. The second kappa shape index (κ2) is 7.92. The van der Waals surface area contributed by atoms with E-state index in [0.29, 0.717) is 17.8 Å². The molecule has 0 bridgehead atoms. The third-order valence-corrected chi connectivity index (χ3v) is 4.28. The van der Waals surface area contributed by atoms with Crippen molar-refractivity contribution in [3.63, 3.8) is 0 Å². The minimum absolute atomic E-state index is 0.0804.